The lowest BCUT2D eigenvalue weighted by Gasteiger charge is -2.28. The Morgan fingerprint density at radius 2 is 2.16 bits per heavy atom. The number of fused-ring (bicyclic) bond motifs is 1. The maximum Gasteiger partial charge on any atom is 0.263 e. The molecule has 1 heterocycles. The zero-order chi connectivity index (χ0) is 17.9. The fourth-order valence-corrected chi connectivity index (χ4v) is 2.81. The van der Waals surface area contributed by atoms with Gasteiger partial charge in [-0.25, -0.2) is 0 Å². The lowest BCUT2D eigenvalue weighted by atomic mass is 10.0. The Kier molecular flexibility index (Phi) is 8.00. The first kappa shape index (κ1) is 19.0. The summed E-state index contributed by atoms with van der Waals surface area (Å²) in [6.45, 7) is 4.86. The van der Waals surface area contributed by atoms with Crippen LogP contribution in [0.5, 0.6) is 0 Å². The van der Waals surface area contributed by atoms with E-state index in [-0.39, 0.29) is 11.5 Å². The first-order chi connectivity index (χ1) is 12.3. The van der Waals surface area contributed by atoms with Gasteiger partial charge in [0.05, 0.1) is 0 Å². The van der Waals surface area contributed by atoms with E-state index in [2.05, 4.69) is 18.3 Å². The molecule has 134 valence electrons. The van der Waals surface area contributed by atoms with Crippen LogP contribution >= 0.6 is 0 Å². The molecule has 1 aliphatic rings. The lowest BCUT2D eigenvalue weighted by molar-refractivity contribution is -0.117. The van der Waals surface area contributed by atoms with E-state index < -0.39 is 0 Å². The van der Waals surface area contributed by atoms with Gasteiger partial charge in [0.25, 0.3) is 5.91 Å². The second-order valence-electron chi connectivity index (χ2n) is 6.16. The summed E-state index contributed by atoms with van der Waals surface area (Å²) >= 11 is 0. The Morgan fingerprint density at radius 1 is 1.36 bits per heavy atom. The molecular weight excluding hydrogens is 314 g/mol. The van der Waals surface area contributed by atoms with Gasteiger partial charge in [-0.15, -0.1) is 0 Å². The van der Waals surface area contributed by atoms with Gasteiger partial charge in [0.15, 0.2) is 0 Å². The van der Waals surface area contributed by atoms with Crippen LogP contribution in [0.3, 0.4) is 0 Å². The van der Waals surface area contributed by atoms with Gasteiger partial charge in [-0.05, 0) is 37.3 Å². The standard InChI is InChI=1S/C20H27N3O2/c1-2-3-13-25-14-7-11-22-20(24)18(15-21)16-23-12-6-9-17-8-4-5-10-19(17)23/h4-5,8,10,16H,2-3,6-7,9,11-14H2,1H3,(H,22,24)/b18-16-. The van der Waals surface area contributed by atoms with Crippen molar-refractivity contribution in [2.24, 2.45) is 0 Å². The van der Waals surface area contributed by atoms with Gasteiger partial charge in [0, 0.05) is 38.2 Å². The number of carbonyl (C=O) groups is 1. The molecule has 0 bridgehead atoms. The van der Waals surface area contributed by atoms with E-state index in [0.717, 1.165) is 50.9 Å². The second-order valence-corrected chi connectivity index (χ2v) is 6.16. The normalized spacial score (nSPS) is 13.9. The number of amides is 1. The van der Waals surface area contributed by atoms with Crippen molar-refractivity contribution in [2.45, 2.75) is 39.0 Å². The monoisotopic (exact) mass is 341 g/mol. The van der Waals surface area contributed by atoms with Gasteiger partial charge in [0.1, 0.15) is 11.6 Å². The van der Waals surface area contributed by atoms with Gasteiger partial charge in [-0.3, -0.25) is 4.79 Å². The van der Waals surface area contributed by atoms with Crippen molar-refractivity contribution >= 4 is 11.6 Å². The third-order valence-corrected chi connectivity index (χ3v) is 4.19. The zero-order valence-corrected chi connectivity index (χ0v) is 15.0. The molecule has 0 fully saturated rings. The molecule has 1 aromatic rings. The second kappa shape index (κ2) is 10.5. The summed E-state index contributed by atoms with van der Waals surface area (Å²) in [5.41, 5.74) is 2.48. The summed E-state index contributed by atoms with van der Waals surface area (Å²) in [4.78, 5) is 14.2. The van der Waals surface area contributed by atoms with Crippen LogP contribution in [0.4, 0.5) is 5.69 Å². The summed E-state index contributed by atoms with van der Waals surface area (Å²) in [5.74, 6) is -0.320. The Bertz CT molecular complexity index is 634. The third-order valence-electron chi connectivity index (χ3n) is 4.19. The molecule has 1 aliphatic heterocycles. The summed E-state index contributed by atoms with van der Waals surface area (Å²) in [6, 6.07) is 10.2. The molecule has 0 radical (unpaired) electrons. The van der Waals surface area contributed by atoms with Crippen LogP contribution in [0.25, 0.3) is 0 Å². The predicted octanol–water partition coefficient (Wildman–Crippen LogP) is 3.17. The largest absolute Gasteiger partial charge is 0.381 e. The SMILES string of the molecule is CCCCOCCCNC(=O)/C(C#N)=C\N1CCCc2ccccc21. The van der Waals surface area contributed by atoms with E-state index >= 15 is 0 Å². The number of benzene rings is 1. The van der Waals surface area contributed by atoms with Crippen LogP contribution in [0.15, 0.2) is 36.0 Å². The van der Waals surface area contributed by atoms with Crippen LogP contribution in [0.1, 0.15) is 38.2 Å². The number of unbranched alkanes of at least 4 members (excludes halogenated alkanes) is 1. The molecule has 1 aromatic carbocycles. The van der Waals surface area contributed by atoms with Gasteiger partial charge in [-0.2, -0.15) is 5.26 Å². The highest BCUT2D eigenvalue weighted by Gasteiger charge is 2.17. The number of hydrogen-bond donors (Lipinski definition) is 1. The predicted molar refractivity (Wildman–Crippen MR) is 99.2 cm³/mol. The summed E-state index contributed by atoms with van der Waals surface area (Å²) < 4.78 is 5.46. The minimum Gasteiger partial charge on any atom is -0.381 e. The molecule has 0 spiro atoms. The van der Waals surface area contributed by atoms with Crippen LogP contribution in [0.2, 0.25) is 0 Å². The first-order valence-electron chi connectivity index (χ1n) is 9.08. The number of aryl methyl sites for hydroxylation is 1. The maximum absolute atomic E-state index is 12.2. The molecule has 1 amide bonds. The third kappa shape index (κ3) is 5.91. The van der Waals surface area contributed by atoms with Gasteiger partial charge in [0.2, 0.25) is 0 Å². The Morgan fingerprint density at radius 3 is 2.96 bits per heavy atom. The molecule has 1 N–H and O–H groups in total. The minimum absolute atomic E-state index is 0.142. The van der Waals surface area contributed by atoms with Crippen LogP contribution < -0.4 is 10.2 Å². The smallest absolute Gasteiger partial charge is 0.263 e. The quantitative estimate of drug-likeness (QED) is 0.426. The maximum atomic E-state index is 12.2. The van der Waals surface area contributed by atoms with Crippen LogP contribution in [-0.2, 0) is 16.0 Å². The van der Waals surface area contributed by atoms with Crippen molar-refractivity contribution in [3.8, 4) is 6.07 Å². The Balaban J connectivity index is 1.86. The minimum atomic E-state index is -0.320. The molecule has 5 heteroatoms. The Labute approximate surface area is 150 Å². The van der Waals surface area contributed by atoms with E-state index in [1.165, 1.54) is 5.56 Å². The fourth-order valence-electron chi connectivity index (χ4n) is 2.81. The average Bonchev–Trinajstić information content (AvgIpc) is 2.65. The number of rotatable bonds is 9. The molecule has 5 nitrogen and oxygen atoms in total. The molecule has 0 aromatic heterocycles. The highest BCUT2D eigenvalue weighted by molar-refractivity contribution is 5.97. The topological polar surface area (TPSA) is 65.4 Å². The molecule has 0 saturated carbocycles. The van der Waals surface area contributed by atoms with Gasteiger partial charge < -0.3 is 15.0 Å². The molecule has 0 aliphatic carbocycles. The lowest BCUT2D eigenvalue weighted by Crippen LogP contribution is -2.29. The molecule has 2 rings (SSSR count). The molecule has 0 unspecified atom stereocenters. The number of nitriles is 1. The number of anilines is 1. The number of ether oxygens (including phenoxy) is 1. The van der Waals surface area contributed by atoms with Crippen LogP contribution in [-0.4, -0.2) is 32.2 Å². The van der Waals surface area contributed by atoms with Crippen molar-refractivity contribution in [1.82, 2.24) is 5.32 Å². The first-order valence-corrected chi connectivity index (χ1v) is 9.08. The number of para-hydroxylation sites is 1. The number of nitrogens with zero attached hydrogens (tertiary/aromatic N) is 2. The highest BCUT2D eigenvalue weighted by atomic mass is 16.5. The summed E-state index contributed by atoms with van der Waals surface area (Å²) in [7, 11) is 0. The summed E-state index contributed by atoms with van der Waals surface area (Å²) in [6.07, 6.45) is 6.65. The molecule has 0 atom stereocenters. The van der Waals surface area contributed by atoms with E-state index in [1.54, 1.807) is 6.20 Å². The van der Waals surface area contributed by atoms with E-state index in [4.69, 9.17) is 4.74 Å². The average molecular weight is 341 g/mol. The highest BCUT2D eigenvalue weighted by Crippen LogP contribution is 2.27. The van der Waals surface area contributed by atoms with Crippen molar-refractivity contribution in [1.29, 1.82) is 5.26 Å². The number of nitrogens with one attached hydrogen (secondary N) is 1. The van der Waals surface area contributed by atoms with E-state index in [9.17, 15) is 10.1 Å². The summed E-state index contributed by atoms with van der Waals surface area (Å²) in [5, 5.41) is 12.1. The number of hydrogen-bond acceptors (Lipinski definition) is 4. The van der Waals surface area contributed by atoms with E-state index in [1.807, 2.05) is 29.2 Å². The Hall–Kier alpha value is -2.32. The van der Waals surface area contributed by atoms with Crippen molar-refractivity contribution in [3.63, 3.8) is 0 Å². The molecule has 0 saturated heterocycles. The molecule has 25 heavy (non-hydrogen) atoms. The van der Waals surface area contributed by atoms with Gasteiger partial charge >= 0.3 is 0 Å². The van der Waals surface area contributed by atoms with Crippen LogP contribution in [0, 0.1) is 11.3 Å². The van der Waals surface area contributed by atoms with E-state index in [0.29, 0.717) is 13.2 Å². The zero-order valence-electron chi connectivity index (χ0n) is 15.0. The van der Waals surface area contributed by atoms with Crippen molar-refractivity contribution in [2.75, 3.05) is 31.2 Å². The fraction of sp³-hybridized carbons (Fsp3) is 0.500. The number of carbonyl (C=O) groups excluding carboxylic acids is 1. The van der Waals surface area contributed by atoms with Gasteiger partial charge in [-0.1, -0.05) is 31.5 Å². The van der Waals surface area contributed by atoms with Crippen molar-refractivity contribution in [3.05, 3.63) is 41.6 Å². The molecular formula is C20H27N3O2. The van der Waals surface area contributed by atoms with Crippen molar-refractivity contribution < 1.29 is 9.53 Å².